The van der Waals surface area contributed by atoms with Crippen molar-refractivity contribution in [2.24, 2.45) is 0 Å². The maximum absolute atomic E-state index is 9.03. The second kappa shape index (κ2) is 5.66. The van der Waals surface area contributed by atoms with Crippen LogP contribution in [-0.2, 0) is 6.54 Å². The van der Waals surface area contributed by atoms with Gasteiger partial charge in [-0.25, -0.2) is 4.98 Å². The Labute approximate surface area is 131 Å². The molecule has 0 aliphatic carbocycles. The van der Waals surface area contributed by atoms with E-state index in [4.69, 9.17) is 10.2 Å². The smallest absolute Gasteiger partial charge is 0.160 e. The molecule has 0 radical (unpaired) electrons. The van der Waals surface area contributed by atoms with Gasteiger partial charge in [-0.05, 0) is 52.7 Å². The number of benzene rings is 1. The molecular formula is C16H13BrN4. The Morgan fingerprint density at radius 3 is 2.90 bits per heavy atom. The predicted molar refractivity (Wildman–Crippen MR) is 85.7 cm³/mol. The number of imidazole rings is 1. The highest BCUT2D eigenvalue weighted by atomic mass is 79.9. The molecule has 5 heteroatoms. The van der Waals surface area contributed by atoms with E-state index in [9.17, 15) is 0 Å². The van der Waals surface area contributed by atoms with E-state index < -0.39 is 0 Å². The molecule has 0 aliphatic heterocycles. The van der Waals surface area contributed by atoms with E-state index in [0.717, 1.165) is 40.0 Å². The second-order valence-corrected chi connectivity index (χ2v) is 5.59. The van der Waals surface area contributed by atoms with Crippen molar-refractivity contribution in [2.45, 2.75) is 19.9 Å². The third-order valence-corrected chi connectivity index (χ3v) is 3.93. The van der Waals surface area contributed by atoms with Gasteiger partial charge in [-0.1, -0.05) is 6.92 Å². The summed E-state index contributed by atoms with van der Waals surface area (Å²) in [6.45, 7) is 2.99. The van der Waals surface area contributed by atoms with Crippen molar-refractivity contribution in [1.29, 1.82) is 5.26 Å². The number of hydrogen-bond acceptors (Lipinski definition) is 3. The van der Waals surface area contributed by atoms with Crippen LogP contribution in [0.15, 0.2) is 41.0 Å². The molecule has 2 aromatic heterocycles. The molecule has 0 spiro atoms. The van der Waals surface area contributed by atoms with Gasteiger partial charge in [0.15, 0.2) is 5.82 Å². The van der Waals surface area contributed by atoms with Gasteiger partial charge in [-0.3, -0.25) is 4.98 Å². The summed E-state index contributed by atoms with van der Waals surface area (Å²) in [5, 5.41) is 9.03. The minimum atomic E-state index is 0.621. The fourth-order valence-corrected chi connectivity index (χ4v) is 2.81. The van der Waals surface area contributed by atoms with Gasteiger partial charge in [0.1, 0.15) is 5.69 Å². The molecule has 4 nitrogen and oxygen atoms in total. The zero-order chi connectivity index (χ0) is 14.8. The van der Waals surface area contributed by atoms with E-state index in [1.54, 1.807) is 6.20 Å². The monoisotopic (exact) mass is 340 g/mol. The fourth-order valence-electron chi connectivity index (χ4n) is 2.38. The van der Waals surface area contributed by atoms with Gasteiger partial charge in [0.2, 0.25) is 0 Å². The lowest BCUT2D eigenvalue weighted by atomic mass is 10.2. The van der Waals surface area contributed by atoms with Crippen LogP contribution < -0.4 is 0 Å². The molecule has 0 amide bonds. The van der Waals surface area contributed by atoms with Gasteiger partial charge < -0.3 is 4.57 Å². The SMILES string of the molecule is CCCn1c(-c2ncccc2Br)nc2cc(C#N)ccc21. The first kappa shape index (κ1) is 13.8. The molecule has 104 valence electrons. The Balaban J connectivity index is 2.29. The normalized spacial score (nSPS) is 10.7. The van der Waals surface area contributed by atoms with Crippen LogP contribution in [0.3, 0.4) is 0 Å². The minimum Gasteiger partial charge on any atom is -0.323 e. The van der Waals surface area contributed by atoms with Crippen LogP contribution in [0, 0.1) is 11.3 Å². The molecule has 0 unspecified atom stereocenters. The van der Waals surface area contributed by atoms with Crippen LogP contribution in [0.2, 0.25) is 0 Å². The van der Waals surface area contributed by atoms with E-state index in [0.29, 0.717) is 5.56 Å². The summed E-state index contributed by atoms with van der Waals surface area (Å²) in [5.41, 5.74) is 3.30. The topological polar surface area (TPSA) is 54.5 Å². The third-order valence-electron chi connectivity index (χ3n) is 3.29. The van der Waals surface area contributed by atoms with Crippen LogP contribution in [0.25, 0.3) is 22.6 Å². The maximum Gasteiger partial charge on any atom is 0.160 e. The fraction of sp³-hybridized carbons (Fsp3) is 0.188. The van der Waals surface area contributed by atoms with Crippen LogP contribution in [0.1, 0.15) is 18.9 Å². The number of pyridine rings is 1. The van der Waals surface area contributed by atoms with E-state index in [2.05, 4.69) is 38.5 Å². The van der Waals surface area contributed by atoms with Crippen molar-refractivity contribution >= 4 is 27.0 Å². The molecule has 0 saturated carbocycles. The summed E-state index contributed by atoms with van der Waals surface area (Å²) in [4.78, 5) is 9.12. The number of aryl methyl sites for hydroxylation is 1. The van der Waals surface area contributed by atoms with Gasteiger partial charge in [0, 0.05) is 17.2 Å². The summed E-state index contributed by atoms with van der Waals surface area (Å²) in [6, 6.07) is 11.6. The molecule has 0 fully saturated rings. The van der Waals surface area contributed by atoms with Gasteiger partial charge in [0.05, 0.1) is 22.7 Å². The Morgan fingerprint density at radius 2 is 2.19 bits per heavy atom. The molecule has 0 N–H and O–H groups in total. The first-order chi connectivity index (χ1) is 10.2. The van der Waals surface area contributed by atoms with Crippen molar-refractivity contribution in [2.75, 3.05) is 0 Å². The Hall–Kier alpha value is -2.19. The van der Waals surface area contributed by atoms with Gasteiger partial charge in [-0.2, -0.15) is 5.26 Å². The predicted octanol–water partition coefficient (Wildman–Crippen LogP) is 4.14. The van der Waals surface area contributed by atoms with Crippen LogP contribution in [0.4, 0.5) is 0 Å². The Morgan fingerprint density at radius 1 is 1.33 bits per heavy atom. The average Bonchev–Trinajstić information content (AvgIpc) is 2.86. The lowest BCUT2D eigenvalue weighted by Crippen LogP contribution is -2.01. The largest absolute Gasteiger partial charge is 0.323 e. The lowest BCUT2D eigenvalue weighted by Gasteiger charge is -2.08. The second-order valence-electron chi connectivity index (χ2n) is 4.74. The van der Waals surface area contributed by atoms with E-state index in [-0.39, 0.29) is 0 Å². The van der Waals surface area contributed by atoms with Gasteiger partial charge in [-0.15, -0.1) is 0 Å². The zero-order valence-corrected chi connectivity index (χ0v) is 13.1. The van der Waals surface area contributed by atoms with Gasteiger partial charge in [0.25, 0.3) is 0 Å². The standard InChI is InChI=1S/C16H13BrN4/c1-2-8-21-14-6-5-11(10-18)9-13(14)20-16(21)15-12(17)4-3-7-19-15/h3-7,9H,2,8H2,1H3. The molecule has 3 rings (SSSR count). The number of hydrogen-bond donors (Lipinski definition) is 0. The first-order valence-electron chi connectivity index (χ1n) is 6.76. The van der Waals surface area contributed by atoms with Crippen LogP contribution in [0.5, 0.6) is 0 Å². The molecule has 21 heavy (non-hydrogen) atoms. The highest BCUT2D eigenvalue weighted by Gasteiger charge is 2.15. The zero-order valence-electron chi connectivity index (χ0n) is 11.5. The van der Waals surface area contributed by atoms with Crippen LogP contribution in [-0.4, -0.2) is 14.5 Å². The lowest BCUT2D eigenvalue weighted by molar-refractivity contribution is 0.702. The summed E-state index contributed by atoms with van der Waals surface area (Å²) in [5.74, 6) is 0.828. The summed E-state index contributed by atoms with van der Waals surface area (Å²) in [7, 11) is 0. The summed E-state index contributed by atoms with van der Waals surface area (Å²) < 4.78 is 3.07. The number of fused-ring (bicyclic) bond motifs is 1. The number of aromatic nitrogens is 3. The molecule has 0 atom stereocenters. The highest BCUT2D eigenvalue weighted by molar-refractivity contribution is 9.10. The molecule has 0 aliphatic rings. The third kappa shape index (κ3) is 2.43. The number of halogens is 1. The maximum atomic E-state index is 9.03. The van der Waals surface area contributed by atoms with Crippen molar-refractivity contribution < 1.29 is 0 Å². The number of rotatable bonds is 3. The summed E-state index contributed by atoms with van der Waals surface area (Å²) in [6.07, 6.45) is 2.76. The summed E-state index contributed by atoms with van der Waals surface area (Å²) >= 11 is 3.54. The molecule has 2 heterocycles. The average molecular weight is 341 g/mol. The first-order valence-corrected chi connectivity index (χ1v) is 7.55. The Kier molecular flexibility index (Phi) is 3.72. The number of nitrogens with zero attached hydrogens (tertiary/aromatic N) is 4. The van der Waals surface area contributed by atoms with Crippen molar-refractivity contribution in [3.05, 3.63) is 46.6 Å². The van der Waals surface area contributed by atoms with Crippen molar-refractivity contribution in [3.8, 4) is 17.6 Å². The van der Waals surface area contributed by atoms with Crippen molar-refractivity contribution in [1.82, 2.24) is 14.5 Å². The van der Waals surface area contributed by atoms with Crippen LogP contribution >= 0.6 is 15.9 Å². The molecular weight excluding hydrogens is 328 g/mol. The van der Waals surface area contributed by atoms with E-state index in [1.807, 2.05) is 30.3 Å². The highest BCUT2D eigenvalue weighted by Crippen LogP contribution is 2.29. The molecule has 3 aromatic rings. The number of nitriles is 1. The van der Waals surface area contributed by atoms with E-state index >= 15 is 0 Å². The van der Waals surface area contributed by atoms with E-state index in [1.165, 1.54) is 0 Å². The Bertz CT molecular complexity index is 845. The molecule has 0 saturated heterocycles. The van der Waals surface area contributed by atoms with Gasteiger partial charge >= 0.3 is 0 Å². The van der Waals surface area contributed by atoms with Crippen molar-refractivity contribution in [3.63, 3.8) is 0 Å². The molecule has 0 bridgehead atoms. The quantitative estimate of drug-likeness (QED) is 0.719. The minimum absolute atomic E-state index is 0.621. The molecule has 1 aromatic carbocycles.